The molecule has 0 unspecified atom stereocenters. The Labute approximate surface area is 215 Å². The van der Waals surface area contributed by atoms with E-state index in [1.165, 1.54) is 6.21 Å². The molecule has 0 spiro atoms. The molecule has 0 atom stereocenters. The van der Waals surface area contributed by atoms with Gasteiger partial charge in [0.25, 0.3) is 5.91 Å². The van der Waals surface area contributed by atoms with Crippen molar-refractivity contribution < 1.29 is 23.9 Å². The van der Waals surface area contributed by atoms with Crippen LogP contribution in [-0.4, -0.2) is 37.1 Å². The number of hydrogen-bond acceptors (Lipinski definition) is 6. The summed E-state index contributed by atoms with van der Waals surface area (Å²) < 4.78 is 11.0. The lowest BCUT2D eigenvalue weighted by Crippen LogP contribution is -2.32. The topological polar surface area (TPSA) is 118 Å². The molecule has 3 N–H and O–H groups in total. The first-order valence-electron chi connectivity index (χ1n) is 11.8. The van der Waals surface area contributed by atoms with Gasteiger partial charge in [0, 0.05) is 11.4 Å². The summed E-state index contributed by atoms with van der Waals surface area (Å²) in [6, 6.07) is 19.3. The standard InChI is InChI=1S/C28H30N4O5/c1-4-16-36-23-14-10-22(11-15-23)30-27(34)28(35)32-29-17-21-8-12-24(13-9-21)37-18-25(33)31-26-19(2)6-5-7-20(26)3/h5-15,17H,4,16,18H2,1-3H3,(H,30,34)(H,31,33)(H,32,35)/b29-17-. The Morgan fingerprint density at radius 3 is 2.08 bits per heavy atom. The van der Waals surface area contributed by atoms with Crippen molar-refractivity contribution in [1.29, 1.82) is 0 Å². The SMILES string of the molecule is CCCOc1ccc(NC(=O)C(=O)N/N=C\c2ccc(OCC(=O)Nc3c(C)cccc3C)cc2)cc1. The van der Waals surface area contributed by atoms with Crippen LogP contribution in [-0.2, 0) is 14.4 Å². The number of rotatable bonds is 10. The molecule has 0 aliphatic heterocycles. The normalized spacial score (nSPS) is 10.6. The van der Waals surface area contributed by atoms with Crippen molar-refractivity contribution in [3.8, 4) is 11.5 Å². The molecule has 3 aromatic rings. The summed E-state index contributed by atoms with van der Waals surface area (Å²) in [6.45, 7) is 6.34. The third-order valence-electron chi connectivity index (χ3n) is 5.17. The Morgan fingerprint density at radius 2 is 1.43 bits per heavy atom. The van der Waals surface area contributed by atoms with Gasteiger partial charge < -0.3 is 20.1 Å². The quantitative estimate of drug-likeness (QED) is 0.218. The van der Waals surface area contributed by atoms with E-state index in [2.05, 4.69) is 21.2 Å². The minimum atomic E-state index is -0.905. The molecule has 0 fully saturated rings. The second-order valence-corrected chi connectivity index (χ2v) is 8.20. The molecule has 37 heavy (non-hydrogen) atoms. The van der Waals surface area contributed by atoms with Crippen molar-refractivity contribution in [1.82, 2.24) is 5.43 Å². The monoisotopic (exact) mass is 502 g/mol. The summed E-state index contributed by atoms with van der Waals surface area (Å²) in [6.07, 6.45) is 2.28. The van der Waals surface area contributed by atoms with Crippen LogP contribution in [0.1, 0.15) is 30.0 Å². The maximum absolute atomic E-state index is 12.2. The molecule has 0 aliphatic carbocycles. The largest absolute Gasteiger partial charge is 0.494 e. The summed E-state index contributed by atoms with van der Waals surface area (Å²) in [5.41, 5.74) is 6.06. The van der Waals surface area contributed by atoms with E-state index in [1.807, 2.05) is 39.0 Å². The molecule has 0 heterocycles. The van der Waals surface area contributed by atoms with Crippen LogP contribution in [0, 0.1) is 13.8 Å². The molecule has 0 saturated heterocycles. The number of aryl methyl sites for hydroxylation is 2. The van der Waals surface area contributed by atoms with Crippen LogP contribution in [0.5, 0.6) is 11.5 Å². The molecule has 0 bridgehead atoms. The van der Waals surface area contributed by atoms with E-state index in [0.29, 0.717) is 29.4 Å². The van der Waals surface area contributed by atoms with Crippen LogP contribution in [0.2, 0.25) is 0 Å². The number of nitrogens with zero attached hydrogens (tertiary/aromatic N) is 1. The lowest BCUT2D eigenvalue weighted by molar-refractivity contribution is -0.136. The molecular weight excluding hydrogens is 472 g/mol. The highest BCUT2D eigenvalue weighted by atomic mass is 16.5. The smallest absolute Gasteiger partial charge is 0.329 e. The molecule has 3 rings (SSSR count). The number of carbonyl (C=O) groups excluding carboxylic acids is 3. The maximum atomic E-state index is 12.2. The number of anilines is 2. The van der Waals surface area contributed by atoms with Gasteiger partial charge in [-0.1, -0.05) is 25.1 Å². The minimum Gasteiger partial charge on any atom is -0.494 e. The Bertz CT molecular complexity index is 1230. The lowest BCUT2D eigenvalue weighted by Gasteiger charge is -2.12. The number of ether oxygens (including phenoxy) is 2. The first-order chi connectivity index (χ1) is 17.9. The van der Waals surface area contributed by atoms with E-state index in [-0.39, 0.29) is 12.5 Å². The molecule has 3 amide bonds. The highest BCUT2D eigenvalue weighted by Gasteiger charge is 2.13. The van der Waals surface area contributed by atoms with Crippen LogP contribution in [0.15, 0.2) is 71.8 Å². The van der Waals surface area contributed by atoms with Gasteiger partial charge in [-0.15, -0.1) is 0 Å². The van der Waals surface area contributed by atoms with Gasteiger partial charge in [-0.2, -0.15) is 5.10 Å². The second kappa shape index (κ2) is 13.4. The van der Waals surface area contributed by atoms with E-state index in [1.54, 1.807) is 48.5 Å². The van der Waals surface area contributed by atoms with Gasteiger partial charge in [0.1, 0.15) is 11.5 Å². The highest BCUT2D eigenvalue weighted by Crippen LogP contribution is 2.19. The zero-order valence-electron chi connectivity index (χ0n) is 21.0. The molecule has 0 aliphatic rings. The number of nitrogens with one attached hydrogen (secondary N) is 3. The number of amides is 3. The Hall–Kier alpha value is -4.66. The molecule has 3 aromatic carbocycles. The number of para-hydroxylation sites is 1. The number of carbonyl (C=O) groups is 3. The third kappa shape index (κ3) is 8.50. The van der Waals surface area contributed by atoms with Gasteiger partial charge >= 0.3 is 11.8 Å². The van der Waals surface area contributed by atoms with E-state index in [4.69, 9.17) is 9.47 Å². The van der Waals surface area contributed by atoms with Gasteiger partial charge in [0.05, 0.1) is 12.8 Å². The van der Waals surface area contributed by atoms with Crippen molar-refractivity contribution in [2.45, 2.75) is 27.2 Å². The van der Waals surface area contributed by atoms with E-state index < -0.39 is 11.8 Å². The zero-order chi connectivity index (χ0) is 26.6. The fourth-order valence-electron chi connectivity index (χ4n) is 3.24. The Balaban J connectivity index is 1.42. The van der Waals surface area contributed by atoms with Crippen molar-refractivity contribution in [2.24, 2.45) is 5.10 Å². The summed E-state index contributed by atoms with van der Waals surface area (Å²) in [5, 5.41) is 9.17. The van der Waals surface area contributed by atoms with Crippen molar-refractivity contribution in [2.75, 3.05) is 23.8 Å². The Kier molecular flexibility index (Phi) is 9.78. The molecular formula is C28H30N4O5. The summed E-state index contributed by atoms with van der Waals surface area (Å²) in [4.78, 5) is 36.3. The minimum absolute atomic E-state index is 0.138. The van der Waals surface area contributed by atoms with Gasteiger partial charge in [-0.05, 0) is 85.5 Å². The third-order valence-corrected chi connectivity index (χ3v) is 5.17. The first-order valence-corrected chi connectivity index (χ1v) is 11.8. The van der Waals surface area contributed by atoms with Crippen molar-refractivity contribution >= 4 is 35.3 Å². The second-order valence-electron chi connectivity index (χ2n) is 8.20. The van der Waals surface area contributed by atoms with E-state index >= 15 is 0 Å². The van der Waals surface area contributed by atoms with Crippen LogP contribution >= 0.6 is 0 Å². The molecule has 0 aromatic heterocycles. The Morgan fingerprint density at radius 1 is 0.811 bits per heavy atom. The van der Waals surface area contributed by atoms with Crippen LogP contribution < -0.4 is 25.5 Å². The van der Waals surface area contributed by atoms with Crippen LogP contribution in [0.4, 0.5) is 11.4 Å². The summed E-state index contributed by atoms with van der Waals surface area (Å²) in [5.74, 6) is -0.821. The predicted molar refractivity (Wildman–Crippen MR) is 143 cm³/mol. The fourth-order valence-corrected chi connectivity index (χ4v) is 3.24. The molecule has 0 saturated carbocycles. The molecule has 9 heteroatoms. The number of hydrazone groups is 1. The average Bonchev–Trinajstić information content (AvgIpc) is 2.90. The average molecular weight is 503 g/mol. The molecule has 0 radical (unpaired) electrons. The van der Waals surface area contributed by atoms with E-state index in [0.717, 1.165) is 23.2 Å². The van der Waals surface area contributed by atoms with Crippen molar-refractivity contribution in [3.05, 3.63) is 83.4 Å². The zero-order valence-corrected chi connectivity index (χ0v) is 21.0. The van der Waals surface area contributed by atoms with Gasteiger partial charge in [0.2, 0.25) is 0 Å². The lowest BCUT2D eigenvalue weighted by atomic mass is 10.1. The summed E-state index contributed by atoms with van der Waals surface area (Å²) >= 11 is 0. The van der Waals surface area contributed by atoms with Gasteiger partial charge in [-0.25, -0.2) is 5.43 Å². The van der Waals surface area contributed by atoms with Crippen LogP contribution in [0.25, 0.3) is 0 Å². The van der Waals surface area contributed by atoms with Crippen molar-refractivity contribution in [3.63, 3.8) is 0 Å². The number of benzene rings is 3. The van der Waals surface area contributed by atoms with Gasteiger partial charge in [0.15, 0.2) is 6.61 Å². The van der Waals surface area contributed by atoms with Gasteiger partial charge in [-0.3, -0.25) is 14.4 Å². The summed E-state index contributed by atoms with van der Waals surface area (Å²) in [7, 11) is 0. The first kappa shape index (κ1) is 26.9. The molecule has 192 valence electrons. The molecule has 9 nitrogen and oxygen atoms in total. The van der Waals surface area contributed by atoms with E-state index in [9.17, 15) is 14.4 Å². The van der Waals surface area contributed by atoms with Crippen LogP contribution in [0.3, 0.4) is 0 Å². The number of hydrogen-bond donors (Lipinski definition) is 3. The predicted octanol–water partition coefficient (Wildman–Crippen LogP) is 4.20. The highest BCUT2D eigenvalue weighted by molar-refractivity contribution is 6.39. The maximum Gasteiger partial charge on any atom is 0.329 e. The fraction of sp³-hybridized carbons (Fsp3) is 0.214.